The second kappa shape index (κ2) is 6.12. The summed E-state index contributed by atoms with van der Waals surface area (Å²) in [6, 6.07) is 0. The zero-order valence-corrected chi connectivity index (χ0v) is 11.7. The van der Waals surface area contributed by atoms with E-state index in [4.69, 9.17) is 0 Å². The van der Waals surface area contributed by atoms with Crippen molar-refractivity contribution < 1.29 is 0 Å². The highest BCUT2D eigenvalue weighted by Gasteiger charge is 2.23. The summed E-state index contributed by atoms with van der Waals surface area (Å²) in [6.07, 6.45) is 5.88. The summed E-state index contributed by atoms with van der Waals surface area (Å²) in [5.41, 5.74) is 2.10. The van der Waals surface area contributed by atoms with Gasteiger partial charge in [0, 0.05) is 6.54 Å². The monoisotopic (exact) mass is 248 g/mol. The fourth-order valence-corrected chi connectivity index (χ4v) is 2.76. The molecular formula is C14H24N4. The molecule has 0 saturated heterocycles. The van der Waals surface area contributed by atoms with E-state index in [0.29, 0.717) is 5.95 Å². The van der Waals surface area contributed by atoms with Crippen LogP contribution in [-0.2, 0) is 12.8 Å². The van der Waals surface area contributed by atoms with E-state index in [2.05, 4.69) is 41.3 Å². The van der Waals surface area contributed by atoms with E-state index in [1.54, 1.807) is 0 Å². The van der Waals surface area contributed by atoms with Crippen LogP contribution < -0.4 is 5.32 Å². The Morgan fingerprint density at radius 2 is 1.89 bits per heavy atom. The van der Waals surface area contributed by atoms with Crippen LogP contribution in [0.3, 0.4) is 0 Å². The van der Waals surface area contributed by atoms with Crippen LogP contribution in [0.15, 0.2) is 0 Å². The molecule has 1 heterocycles. The fraction of sp³-hybridized carbons (Fsp3) is 0.786. The van der Waals surface area contributed by atoms with E-state index in [9.17, 15) is 0 Å². The minimum Gasteiger partial charge on any atom is -0.353 e. The van der Waals surface area contributed by atoms with Crippen LogP contribution >= 0.6 is 0 Å². The second-order valence-corrected chi connectivity index (χ2v) is 5.29. The number of aromatic nitrogens is 3. The normalized spacial score (nSPS) is 23.3. The van der Waals surface area contributed by atoms with Gasteiger partial charge in [0.1, 0.15) is 0 Å². The van der Waals surface area contributed by atoms with Gasteiger partial charge in [-0.2, -0.15) is 5.10 Å². The zero-order chi connectivity index (χ0) is 13.0. The third kappa shape index (κ3) is 2.98. The molecule has 2 atom stereocenters. The number of hydrogen-bond donors (Lipinski definition) is 1. The van der Waals surface area contributed by atoms with E-state index in [1.165, 1.54) is 19.3 Å². The molecule has 0 spiro atoms. The first-order valence-electron chi connectivity index (χ1n) is 7.20. The minimum atomic E-state index is 0.697. The first kappa shape index (κ1) is 13.2. The molecule has 1 aromatic rings. The molecule has 1 aromatic heterocycles. The molecule has 0 aromatic carbocycles. The lowest BCUT2D eigenvalue weighted by atomic mass is 9.98. The number of nitrogens with one attached hydrogen (secondary N) is 1. The molecule has 4 heteroatoms. The van der Waals surface area contributed by atoms with Crippen molar-refractivity contribution >= 4 is 5.95 Å². The lowest BCUT2D eigenvalue weighted by molar-refractivity contribution is 0.438. The first-order chi connectivity index (χ1) is 8.74. The Hall–Kier alpha value is -1.19. The Labute approximate surface area is 110 Å². The van der Waals surface area contributed by atoms with Crippen LogP contribution in [0, 0.1) is 11.8 Å². The van der Waals surface area contributed by atoms with Crippen LogP contribution in [-0.4, -0.2) is 21.7 Å². The summed E-state index contributed by atoms with van der Waals surface area (Å²) in [5, 5.41) is 11.8. The topological polar surface area (TPSA) is 50.7 Å². The maximum atomic E-state index is 4.56. The number of rotatable bonds is 5. The SMILES string of the molecule is CCc1nnc(NCC2CCCC2C)nc1CC. The summed E-state index contributed by atoms with van der Waals surface area (Å²) in [6.45, 7) is 7.54. The molecule has 1 N–H and O–H groups in total. The van der Waals surface area contributed by atoms with Gasteiger partial charge in [-0.15, -0.1) is 5.10 Å². The number of aryl methyl sites for hydroxylation is 2. The predicted octanol–water partition coefficient (Wildman–Crippen LogP) is 2.84. The van der Waals surface area contributed by atoms with Gasteiger partial charge in [0.15, 0.2) is 0 Å². The minimum absolute atomic E-state index is 0.697. The smallest absolute Gasteiger partial charge is 0.242 e. The van der Waals surface area contributed by atoms with E-state index >= 15 is 0 Å². The molecule has 0 radical (unpaired) electrons. The van der Waals surface area contributed by atoms with Crippen LogP contribution in [0.25, 0.3) is 0 Å². The Morgan fingerprint density at radius 3 is 2.50 bits per heavy atom. The Morgan fingerprint density at radius 1 is 1.11 bits per heavy atom. The largest absolute Gasteiger partial charge is 0.353 e. The third-order valence-electron chi connectivity index (χ3n) is 4.07. The molecule has 4 nitrogen and oxygen atoms in total. The molecule has 2 unspecified atom stereocenters. The van der Waals surface area contributed by atoms with Crippen molar-refractivity contribution in [1.29, 1.82) is 0 Å². The average molecular weight is 248 g/mol. The highest BCUT2D eigenvalue weighted by Crippen LogP contribution is 2.30. The summed E-state index contributed by atoms with van der Waals surface area (Å²) in [7, 11) is 0. The van der Waals surface area contributed by atoms with Crippen LogP contribution in [0.1, 0.15) is 51.4 Å². The molecule has 0 aliphatic heterocycles. The maximum absolute atomic E-state index is 4.56. The molecule has 1 saturated carbocycles. The number of hydrogen-bond acceptors (Lipinski definition) is 4. The van der Waals surface area contributed by atoms with Gasteiger partial charge in [-0.05, 0) is 31.1 Å². The summed E-state index contributed by atoms with van der Waals surface area (Å²) in [4.78, 5) is 4.56. The van der Waals surface area contributed by atoms with Gasteiger partial charge < -0.3 is 5.32 Å². The van der Waals surface area contributed by atoms with E-state index in [-0.39, 0.29) is 0 Å². The van der Waals surface area contributed by atoms with E-state index in [0.717, 1.165) is 42.6 Å². The fourth-order valence-electron chi connectivity index (χ4n) is 2.76. The number of nitrogens with zero attached hydrogens (tertiary/aromatic N) is 3. The van der Waals surface area contributed by atoms with Gasteiger partial charge in [-0.1, -0.05) is 33.6 Å². The van der Waals surface area contributed by atoms with Gasteiger partial charge >= 0.3 is 0 Å². The van der Waals surface area contributed by atoms with Gasteiger partial charge in [0.05, 0.1) is 11.4 Å². The molecule has 0 amide bonds. The van der Waals surface area contributed by atoms with Crippen LogP contribution in [0.4, 0.5) is 5.95 Å². The maximum Gasteiger partial charge on any atom is 0.242 e. The summed E-state index contributed by atoms with van der Waals surface area (Å²) < 4.78 is 0. The first-order valence-corrected chi connectivity index (χ1v) is 7.20. The molecule has 18 heavy (non-hydrogen) atoms. The van der Waals surface area contributed by atoms with Crippen molar-refractivity contribution in [2.24, 2.45) is 11.8 Å². The molecule has 2 rings (SSSR count). The van der Waals surface area contributed by atoms with Crippen LogP contribution in [0.2, 0.25) is 0 Å². The second-order valence-electron chi connectivity index (χ2n) is 5.29. The lowest BCUT2D eigenvalue weighted by Gasteiger charge is -2.16. The van der Waals surface area contributed by atoms with Gasteiger partial charge in [-0.3, -0.25) is 0 Å². The predicted molar refractivity (Wildman–Crippen MR) is 73.6 cm³/mol. The van der Waals surface area contributed by atoms with Crippen molar-refractivity contribution in [3.05, 3.63) is 11.4 Å². The Balaban J connectivity index is 1.97. The third-order valence-corrected chi connectivity index (χ3v) is 4.07. The van der Waals surface area contributed by atoms with Gasteiger partial charge in [0.2, 0.25) is 5.95 Å². The summed E-state index contributed by atoms with van der Waals surface area (Å²) in [5.74, 6) is 2.29. The Bertz CT molecular complexity index is 391. The van der Waals surface area contributed by atoms with Crippen molar-refractivity contribution in [2.45, 2.75) is 52.9 Å². The lowest BCUT2D eigenvalue weighted by Crippen LogP contribution is -2.19. The molecule has 100 valence electrons. The molecule has 1 aliphatic carbocycles. The average Bonchev–Trinajstić information content (AvgIpc) is 2.81. The molecular weight excluding hydrogens is 224 g/mol. The molecule has 0 bridgehead atoms. The zero-order valence-electron chi connectivity index (χ0n) is 11.7. The van der Waals surface area contributed by atoms with E-state index in [1.807, 2.05) is 0 Å². The van der Waals surface area contributed by atoms with Crippen molar-refractivity contribution in [2.75, 3.05) is 11.9 Å². The quantitative estimate of drug-likeness (QED) is 0.870. The summed E-state index contributed by atoms with van der Waals surface area (Å²) >= 11 is 0. The number of anilines is 1. The Kier molecular flexibility index (Phi) is 4.50. The van der Waals surface area contributed by atoms with Crippen molar-refractivity contribution in [3.63, 3.8) is 0 Å². The van der Waals surface area contributed by atoms with Gasteiger partial charge in [-0.25, -0.2) is 4.98 Å². The van der Waals surface area contributed by atoms with E-state index < -0.39 is 0 Å². The van der Waals surface area contributed by atoms with Crippen LogP contribution in [0.5, 0.6) is 0 Å². The highest BCUT2D eigenvalue weighted by atomic mass is 15.2. The van der Waals surface area contributed by atoms with Crippen molar-refractivity contribution in [3.8, 4) is 0 Å². The standard InChI is InChI=1S/C14H24N4/c1-4-12-13(5-2)17-18-14(16-12)15-9-11-8-6-7-10(11)3/h10-11H,4-9H2,1-3H3,(H,15,16,18). The molecule has 1 fully saturated rings. The highest BCUT2D eigenvalue weighted by molar-refractivity contribution is 5.25. The van der Waals surface area contributed by atoms with Gasteiger partial charge in [0.25, 0.3) is 0 Å². The molecule has 1 aliphatic rings. The van der Waals surface area contributed by atoms with Crippen molar-refractivity contribution in [1.82, 2.24) is 15.2 Å².